The molecule has 0 aliphatic heterocycles. The van der Waals surface area contributed by atoms with Crippen molar-refractivity contribution in [3.05, 3.63) is 160 Å². The van der Waals surface area contributed by atoms with Crippen LogP contribution in [0.2, 0.25) is 0 Å². The molecule has 0 spiro atoms. The smallest absolute Gasteiger partial charge is 0.343 e. The van der Waals surface area contributed by atoms with Crippen LogP contribution in [0.5, 0.6) is 28.7 Å². The van der Waals surface area contributed by atoms with Gasteiger partial charge in [0.15, 0.2) is 12.6 Å². The zero-order valence-electron chi connectivity index (χ0n) is 34.0. The van der Waals surface area contributed by atoms with E-state index in [9.17, 15) is 14.4 Å². The van der Waals surface area contributed by atoms with Crippen LogP contribution in [0.3, 0.4) is 0 Å². The second-order valence-corrected chi connectivity index (χ2v) is 13.1. The van der Waals surface area contributed by atoms with Gasteiger partial charge in [0.25, 0.3) is 0 Å². The zero-order chi connectivity index (χ0) is 41.4. The van der Waals surface area contributed by atoms with E-state index in [-0.39, 0.29) is 18.5 Å². The molecule has 0 heterocycles. The van der Waals surface area contributed by atoms with Gasteiger partial charge >= 0.3 is 11.9 Å². The quantitative estimate of drug-likeness (QED) is 0.0404. The van der Waals surface area contributed by atoms with Crippen LogP contribution in [0.4, 0.5) is 0 Å². The SMILES string of the molecule is C=CC(=O)OCOC.COc1cc(C)cc(C)c1C.COc1ccc(C(C)c2ccc(OC(=O)c3ccc(Oc4ccc(C(C)=O)cc4)cc3)c(C)c2)cc1C. The average molecular weight is 761 g/mol. The molecule has 0 bridgehead atoms. The average Bonchev–Trinajstić information content (AvgIpc) is 3.19. The Labute approximate surface area is 330 Å². The Kier molecular flexibility index (Phi) is 17.1. The van der Waals surface area contributed by atoms with Crippen LogP contribution in [-0.4, -0.2) is 45.8 Å². The number of benzene rings is 5. The monoisotopic (exact) mass is 760 g/mol. The number of ether oxygens (including phenoxy) is 6. The molecule has 1 unspecified atom stereocenters. The van der Waals surface area contributed by atoms with E-state index in [1.54, 1.807) is 62.8 Å². The van der Waals surface area contributed by atoms with E-state index in [0.717, 1.165) is 34.3 Å². The van der Waals surface area contributed by atoms with E-state index in [1.807, 2.05) is 32.0 Å². The predicted molar refractivity (Wildman–Crippen MR) is 220 cm³/mol. The molecule has 0 aliphatic rings. The van der Waals surface area contributed by atoms with Gasteiger partial charge in [0, 0.05) is 24.7 Å². The summed E-state index contributed by atoms with van der Waals surface area (Å²) in [6, 6.07) is 30.0. The maximum Gasteiger partial charge on any atom is 0.343 e. The van der Waals surface area contributed by atoms with Crippen molar-refractivity contribution in [2.75, 3.05) is 28.1 Å². The van der Waals surface area contributed by atoms with Crippen molar-refractivity contribution in [3.63, 3.8) is 0 Å². The molecule has 5 aromatic carbocycles. The molecule has 0 radical (unpaired) electrons. The number of ketones is 1. The van der Waals surface area contributed by atoms with Gasteiger partial charge in [-0.15, -0.1) is 0 Å². The van der Waals surface area contributed by atoms with Crippen molar-refractivity contribution in [2.45, 2.75) is 54.4 Å². The third kappa shape index (κ3) is 13.0. The first-order valence-corrected chi connectivity index (χ1v) is 18.0. The standard InChI is InChI=1S/C32H30O5.C10H14O.C5H8O3/c1-20-18-26(10-16-30(20)35-5)22(3)27-11-17-31(21(2)19-27)37-32(34)25-8-14-29(15-9-25)36-28-12-6-24(7-13-28)23(4)33;1-7-5-8(2)9(3)10(6-7)11-4;1-3-5(6)8-4-7-2/h6-19,22H,1-5H3;5-6H,1-4H3;3H,1,4H2,2H3. The van der Waals surface area contributed by atoms with Gasteiger partial charge in [0.05, 0.1) is 19.8 Å². The summed E-state index contributed by atoms with van der Waals surface area (Å²) < 4.78 is 30.9. The highest BCUT2D eigenvalue weighted by Gasteiger charge is 2.15. The topological polar surface area (TPSA) is 107 Å². The summed E-state index contributed by atoms with van der Waals surface area (Å²) in [5.41, 5.74) is 9.14. The van der Waals surface area contributed by atoms with E-state index in [2.05, 4.69) is 74.1 Å². The molecule has 9 heteroatoms. The number of aryl methyl sites for hydroxylation is 4. The Bertz CT molecular complexity index is 2100. The summed E-state index contributed by atoms with van der Waals surface area (Å²) in [7, 11) is 4.83. The lowest BCUT2D eigenvalue weighted by molar-refractivity contribution is -0.147. The minimum atomic E-state index is -0.466. The number of methoxy groups -OCH3 is 3. The normalized spacial score (nSPS) is 10.7. The molecular weight excluding hydrogens is 709 g/mol. The highest BCUT2D eigenvalue weighted by atomic mass is 16.7. The highest BCUT2D eigenvalue weighted by Crippen LogP contribution is 2.31. The van der Waals surface area contributed by atoms with Crippen molar-refractivity contribution >= 4 is 17.7 Å². The van der Waals surface area contributed by atoms with E-state index in [4.69, 9.17) is 18.9 Å². The molecule has 0 N–H and O–H groups in total. The van der Waals surface area contributed by atoms with Gasteiger partial charge in [-0.2, -0.15) is 0 Å². The first kappa shape index (κ1) is 44.2. The summed E-state index contributed by atoms with van der Waals surface area (Å²) in [5.74, 6) is 2.85. The van der Waals surface area contributed by atoms with E-state index >= 15 is 0 Å². The summed E-state index contributed by atoms with van der Waals surface area (Å²) in [6.07, 6.45) is 1.08. The van der Waals surface area contributed by atoms with Gasteiger partial charge in [-0.3, -0.25) is 4.79 Å². The molecule has 9 nitrogen and oxygen atoms in total. The first-order chi connectivity index (χ1) is 26.7. The van der Waals surface area contributed by atoms with Crippen molar-refractivity contribution in [1.29, 1.82) is 0 Å². The summed E-state index contributed by atoms with van der Waals surface area (Å²) in [4.78, 5) is 34.3. The predicted octanol–water partition coefficient (Wildman–Crippen LogP) is 10.6. The first-order valence-electron chi connectivity index (χ1n) is 18.0. The van der Waals surface area contributed by atoms with Crippen LogP contribution in [0.1, 0.15) is 79.4 Å². The van der Waals surface area contributed by atoms with Crippen molar-refractivity contribution in [3.8, 4) is 28.7 Å². The Hall–Kier alpha value is -6.19. The van der Waals surface area contributed by atoms with Gasteiger partial charge < -0.3 is 28.4 Å². The largest absolute Gasteiger partial charge is 0.496 e. The van der Waals surface area contributed by atoms with E-state index in [1.165, 1.54) is 36.3 Å². The molecule has 294 valence electrons. The van der Waals surface area contributed by atoms with Gasteiger partial charge in [-0.1, -0.05) is 43.8 Å². The fourth-order valence-corrected chi connectivity index (χ4v) is 5.52. The molecule has 0 fully saturated rings. The summed E-state index contributed by atoms with van der Waals surface area (Å²) in [5, 5.41) is 0. The number of esters is 2. The lowest BCUT2D eigenvalue weighted by atomic mass is 9.91. The molecule has 56 heavy (non-hydrogen) atoms. The lowest BCUT2D eigenvalue weighted by Gasteiger charge is -2.16. The zero-order valence-corrected chi connectivity index (χ0v) is 34.0. The summed E-state index contributed by atoms with van der Waals surface area (Å²) in [6.45, 7) is 17.1. The molecular formula is C47H52O9. The number of rotatable bonds is 12. The molecule has 5 aromatic rings. The maximum absolute atomic E-state index is 12.8. The van der Waals surface area contributed by atoms with Crippen LogP contribution in [0.25, 0.3) is 0 Å². The number of carbonyl (C=O) groups is 3. The Morgan fingerprint density at radius 1 is 0.643 bits per heavy atom. The second-order valence-electron chi connectivity index (χ2n) is 13.1. The van der Waals surface area contributed by atoms with E-state index in [0.29, 0.717) is 28.4 Å². The molecule has 0 saturated heterocycles. The molecule has 0 aliphatic carbocycles. The third-order valence-electron chi connectivity index (χ3n) is 8.88. The van der Waals surface area contributed by atoms with Crippen LogP contribution < -0.4 is 18.9 Å². The molecule has 0 saturated carbocycles. The van der Waals surface area contributed by atoms with Crippen molar-refractivity contribution < 1.29 is 42.8 Å². The minimum absolute atomic E-state index is 0.00104. The molecule has 0 aromatic heterocycles. The highest BCUT2D eigenvalue weighted by molar-refractivity contribution is 5.94. The van der Waals surface area contributed by atoms with Gasteiger partial charge in [0.2, 0.25) is 0 Å². The van der Waals surface area contributed by atoms with Crippen molar-refractivity contribution in [1.82, 2.24) is 0 Å². The number of carbonyl (C=O) groups excluding carboxylic acids is 3. The van der Waals surface area contributed by atoms with Gasteiger partial charge in [-0.25, -0.2) is 9.59 Å². The Balaban J connectivity index is 0.000000362. The summed E-state index contributed by atoms with van der Waals surface area (Å²) >= 11 is 0. The second kappa shape index (κ2) is 21.6. The van der Waals surface area contributed by atoms with E-state index < -0.39 is 11.9 Å². The number of hydrogen-bond acceptors (Lipinski definition) is 9. The Morgan fingerprint density at radius 2 is 1.16 bits per heavy atom. The molecule has 5 rings (SSSR count). The van der Waals surface area contributed by atoms with Crippen LogP contribution in [0.15, 0.2) is 110 Å². The minimum Gasteiger partial charge on any atom is -0.496 e. The fraction of sp³-hybridized carbons (Fsp3) is 0.255. The Morgan fingerprint density at radius 3 is 1.62 bits per heavy atom. The third-order valence-corrected chi connectivity index (χ3v) is 8.88. The lowest BCUT2D eigenvalue weighted by Crippen LogP contribution is -2.09. The maximum atomic E-state index is 12.8. The molecule has 0 amide bonds. The van der Waals surface area contributed by atoms with Crippen LogP contribution in [0, 0.1) is 34.6 Å². The van der Waals surface area contributed by atoms with Crippen LogP contribution in [-0.2, 0) is 14.3 Å². The number of hydrogen-bond donors (Lipinski definition) is 0. The fourth-order valence-electron chi connectivity index (χ4n) is 5.52. The van der Waals surface area contributed by atoms with Gasteiger partial charge in [0.1, 0.15) is 28.7 Å². The van der Waals surface area contributed by atoms with Gasteiger partial charge in [-0.05, 0) is 147 Å². The molecule has 1 atom stereocenters. The van der Waals surface area contributed by atoms with Crippen molar-refractivity contribution in [2.24, 2.45) is 0 Å². The number of Topliss-reactive ketones (excluding diaryl/α,β-unsaturated/α-hetero) is 1. The van der Waals surface area contributed by atoms with Crippen LogP contribution >= 0.6 is 0 Å².